The van der Waals surface area contributed by atoms with E-state index in [1.165, 1.54) is 13.3 Å². The number of esters is 1. The molecule has 21 nitrogen and oxygen atoms in total. The molecule has 6 amide bonds. The van der Waals surface area contributed by atoms with Crippen molar-refractivity contribution >= 4 is 64.0 Å². The highest BCUT2D eigenvalue weighted by atomic mass is 32.1. The molecule has 0 aliphatic heterocycles. The lowest BCUT2D eigenvalue weighted by atomic mass is 9.97. The normalized spacial score (nSPS) is 13.6. The van der Waals surface area contributed by atoms with Crippen LogP contribution in [0.3, 0.4) is 0 Å². The van der Waals surface area contributed by atoms with Crippen molar-refractivity contribution in [2.45, 2.75) is 76.2 Å². The largest absolute Gasteiger partial charge is 0.497 e. The summed E-state index contributed by atoms with van der Waals surface area (Å²) in [6.07, 6.45) is 0.275. The van der Waals surface area contributed by atoms with Crippen molar-refractivity contribution in [3.8, 4) is 16.9 Å². The molecule has 4 aromatic rings. The number of amides is 6. The van der Waals surface area contributed by atoms with E-state index in [1.54, 1.807) is 38.1 Å². The van der Waals surface area contributed by atoms with E-state index < -0.39 is 90.7 Å². The van der Waals surface area contributed by atoms with Crippen LogP contribution in [0.15, 0.2) is 79.0 Å². The maximum absolute atomic E-state index is 14.1. The number of ether oxygens (including phenoxy) is 3. The number of benzene rings is 3. The lowest BCUT2D eigenvalue weighted by Crippen LogP contribution is -2.58. The summed E-state index contributed by atoms with van der Waals surface area (Å²) in [4.78, 5) is 109. The molecule has 0 saturated carbocycles. The van der Waals surface area contributed by atoms with Crippen molar-refractivity contribution in [1.29, 1.82) is 0 Å². The quantitative estimate of drug-likeness (QED) is 0.0407. The summed E-state index contributed by atoms with van der Waals surface area (Å²) in [6.45, 7) is 1.69. The Bertz CT molecular complexity index is 2440. The highest BCUT2D eigenvalue weighted by molar-refractivity contribution is 7.15. The van der Waals surface area contributed by atoms with Crippen LogP contribution in [0.2, 0.25) is 0 Å². The Morgan fingerprint density at radius 2 is 1.41 bits per heavy atom. The third-order valence-electron chi connectivity index (χ3n) is 11.5. The number of rotatable bonds is 26. The van der Waals surface area contributed by atoms with E-state index in [0.29, 0.717) is 27.7 Å². The minimum atomic E-state index is -1.67. The monoisotopic (exact) mass is 986 g/mol. The minimum Gasteiger partial charge on any atom is -0.497 e. The summed E-state index contributed by atoms with van der Waals surface area (Å²) in [5, 5.41) is 37.0. The molecule has 22 heteroatoms. The molecule has 0 radical (unpaired) electrons. The molecule has 9 N–H and O–H groups in total. The number of carbonyl (C=O) groups is 8. The summed E-state index contributed by atoms with van der Waals surface area (Å²) in [5.74, 6) is -6.44. The number of hydrogen-bond acceptors (Lipinski definition) is 15. The van der Waals surface area contributed by atoms with Crippen molar-refractivity contribution in [2.24, 2.45) is 5.92 Å². The van der Waals surface area contributed by atoms with Gasteiger partial charge in [-0.2, -0.15) is 0 Å². The van der Waals surface area contributed by atoms with Gasteiger partial charge in [-0.05, 0) is 52.3 Å². The van der Waals surface area contributed by atoms with Gasteiger partial charge in [0, 0.05) is 31.5 Å². The van der Waals surface area contributed by atoms with Gasteiger partial charge in [0.25, 0.3) is 0 Å². The Balaban J connectivity index is 1.21. The Morgan fingerprint density at radius 1 is 0.757 bits per heavy atom. The van der Waals surface area contributed by atoms with Crippen molar-refractivity contribution in [3.63, 3.8) is 0 Å². The van der Waals surface area contributed by atoms with Crippen LogP contribution in [0, 0.1) is 5.92 Å². The predicted molar refractivity (Wildman–Crippen MR) is 255 cm³/mol. The second kappa shape index (κ2) is 26.2. The second-order valence-corrected chi connectivity index (χ2v) is 17.4. The Hall–Kier alpha value is -7.59. The van der Waals surface area contributed by atoms with E-state index in [9.17, 15) is 48.6 Å². The zero-order valence-electron chi connectivity index (χ0n) is 39.1. The minimum absolute atomic E-state index is 0.00125. The van der Waals surface area contributed by atoms with Crippen LogP contribution in [0.1, 0.15) is 60.6 Å². The number of nitrogens with zero attached hydrogens (tertiary/aromatic N) is 1. The van der Waals surface area contributed by atoms with Gasteiger partial charge in [0.1, 0.15) is 36.5 Å². The van der Waals surface area contributed by atoms with Crippen LogP contribution in [0.5, 0.6) is 5.75 Å². The topological polar surface area (TPSA) is 302 Å². The molecule has 0 saturated heterocycles. The number of alkyl carbamates (subject to hydrolysis) is 1. The molecule has 374 valence electrons. The summed E-state index contributed by atoms with van der Waals surface area (Å²) in [5.41, 5.74) is 4.74. The molecular formula is C48H58N8O13S. The van der Waals surface area contributed by atoms with Crippen LogP contribution < -0.4 is 42.0 Å². The number of hydrogen-bond donors (Lipinski definition) is 9. The van der Waals surface area contributed by atoms with Gasteiger partial charge in [0.15, 0.2) is 5.13 Å². The summed E-state index contributed by atoms with van der Waals surface area (Å²) in [6, 6.07) is 17.0. The fraction of sp³-hybridized carbons (Fsp3) is 0.396. The van der Waals surface area contributed by atoms with Crippen molar-refractivity contribution < 1.29 is 62.8 Å². The third-order valence-corrected chi connectivity index (χ3v) is 12.5. The average molecular weight is 987 g/mol. The van der Waals surface area contributed by atoms with E-state index in [1.807, 2.05) is 48.5 Å². The molecular weight excluding hydrogens is 929 g/mol. The van der Waals surface area contributed by atoms with Gasteiger partial charge < -0.3 is 61.6 Å². The van der Waals surface area contributed by atoms with Crippen LogP contribution in [-0.4, -0.2) is 127 Å². The molecule has 0 spiro atoms. The van der Waals surface area contributed by atoms with Crippen LogP contribution in [0.4, 0.5) is 9.93 Å². The van der Waals surface area contributed by atoms with Crippen molar-refractivity contribution in [2.75, 3.05) is 45.8 Å². The smallest absolute Gasteiger partial charge is 0.407 e. The first-order chi connectivity index (χ1) is 33.6. The maximum Gasteiger partial charge on any atom is 0.407 e. The lowest BCUT2D eigenvalue weighted by Gasteiger charge is -2.27. The van der Waals surface area contributed by atoms with E-state index in [0.717, 1.165) is 40.7 Å². The van der Waals surface area contributed by atoms with E-state index in [4.69, 9.17) is 9.47 Å². The number of thiazole rings is 1. The molecule has 0 bridgehead atoms. The highest BCUT2D eigenvalue weighted by Crippen LogP contribution is 2.44. The number of carboxylic acids is 1. The molecule has 5 atom stereocenters. The van der Waals surface area contributed by atoms with Gasteiger partial charge in [-0.3, -0.25) is 28.8 Å². The Kier molecular flexibility index (Phi) is 20.0. The number of methoxy groups -OCH3 is 2. The van der Waals surface area contributed by atoms with Crippen molar-refractivity contribution in [3.05, 3.63) is 101 Å². The fourth-order valence-corrected chi connectivity index (χ4v) is 8.14. The zero-order chi connectivity index (χ0) is 50.7. The SMILES string of the molecule is CC[C@H](C)[C@H](NC(=O)[C@H](Cc1ccc(OC)cc1)NC(=O)OCC1c2ccccc2-c2ccccc21)C(=O)NCC(=O)N[C@@H](CCC(=O)OC)C(=O)N[C@@H](CNC(=O)CNc1ncc(CO)s1)C(=O)O. The van der Waals surface area contributed by atoms with Crippen LogP contribution in [-0.2, 0) is 56.1 Å². The second-order valence-electron chi connectivity index (χ2n) is 16.2. The molecule has 1 aliphatic carbocycles. The first-order valence-electron chi connectivity index (χ1n) is 22.4. The summed E-state index contributed by atoms with van der Waals surface area (Å²) >= 11 is 1.11. The average Bonchev–Trinajstić information content (AvgIpc) is 3.97. The summed E-state index contributed by atoms with van der Waals surface area (Å²) < 4.78 is 15.7. The molecule has 5 rings (SSSR count). The Labute approximate surface area is 407 Å². The molecule has 1 aliphatic rings. The van der Waals surface area contributed by atoms with Crippen LogP contribution in [0.25, 0.3) is 11.1 Å². The first-order valence-corrected chi connectivity index (χ1v) is 23.2. The van der Waals surface area contributed by atoms with Gasteiger partial charge in [-0.25, -0.2) is 14.6 Å². The zero-order valence-corrected chi connectivity index (χ0v) is 39.9. The van der Waals surface area contributed by atoms with Crippen LogP contribution >= 0.6 is 11.3 Å². The molecule has 1 heterocycles. The molecule has 0 fully saturated rings. The molecule has 0 unspecified atom stereocenters. The number of carbonyl (C=O) groups excluding carboxylic acids is 7. The van der Waals surface area contributed by atoms with Crippen molar-refractivity contribution in [1.82, 2.24) is 36.9 Å². The van der Waals surface area contributed by atoms with Gasteiger partial charge in [-0.1, -0.05) is 92.3 Å². The first kappa shape index (κ1) is 53.4. The highest BCUT2D eigenvalue weighted by Gasteiger charge is 2.33. The Morgan fingerprint density at radius 3 is 2.01 bits per heavy atom. The predicted octanol–water partition coefficient (Wildman–Crippen LogP) is 1.98. The van der Waals surface area contributed by atoms with Gasteiger partial charge >= 0.3 is 18.0 Å². The van der Waals surface area contributed by atoms with E-state index >= 15 is 0 Å². The number of nitrogens with one attached hydrogen (secondary N) is 7. The number of fused-ring (bicyclic) bond motifs is 3. The number of aromatic nitrogens is 1. The van der Waals surface area contributed by atoms with Gasteiger partial charge in [-0.15, -0.1) is 0 Å². The summed E-state index contributed by atoms with van der Waals surface area (Å²) in [7, 11) is 2.63. The van der Waals surface area contributed by atoms with E-state index in [2.05, 4.69) is 46.9 Å². The number of carboxylic acid groups (broad SMARTS) is 1. The number of aliphatic carboxylic acids is 1. The number of aliphatic hydroxyl groups excluding tert-OH is 1. The van der Waals surface area contributed by atoms with Gasteiger partial charge in [0.2, 0.25) is 29.5 Å². The van der Waals surface area contributed by atoms with Gasteiger partial charge in [0.05, 0.1) is 38.8 Å². The van der Waals surface area contributed by atoms with E-state index in [-0.39, 0.29) is 44.9 Å². The molecule has 3 aromatic carbocycles. The number of anilines is 1. The fourth-order valence-electron chi connectivity index (χ4n) is 7.47. The third kappa shape index (κ3) is 15.2. The molecule has 1 aromatic heterocycles. The lowest BCUT2D eigenvalue weighted by molar-refractivity contribution is -0.143. The maximum atomic E-state index is 14.1. The standard InChI is InChI=1S/C48H58N8O13S/c1-5-27(2)42(45(63)50-24-40(59)53-36(18-19-41(60)68-4)43(61)54-38(46(64)65)22-49-39(58)23-52-47-51-21-30(25-57)70-47)56-44(62)37(20-28-14-16-29(67-3)17-15-28)55-48(66)69-26-35-33-12-8-6-10-31(33)32-11-7-9-13-34(32)35/h6-17,21,27,35-38,42,57H,5,18-20,22-26H2,1-4H3,(H,49,58)(H,50,63)(H,51,52)(H,53,59)(H,54,61)(H,55,66)(H,56,62)(H,64,65)/t27-,36-,37-,38-,42-/m0/s1. The number of aliphatic hydroxyl groups is 1. The molecule has 70 heavy (non-hydrogen) atoms.